The number of carboxylic acid groups (broad SMARTS) is 1. The Labute approximate surface area is 105 Å². The van der Waals surface area contributed by atoms with E-state index in [0.29, 0.717) is 19.5 Å². The highest BCUT2D eigenvalue weighted by molar-refractivity contribution is 5.82. The Kier molecular flexibility index (Phi) is 5.16. The number of carboxylic acids is 1. The van der Waals surface area contributed by atoms with Crippen LogP contribution in [0.3, 0.4) is 0 Å². The van der Waals surface area contributed by atoms with Crippen LogP contribution in [0.5, 0.6) is 0 Å². The van der Waals surface area contributed by atoms with E-state index in [2.05, 4.69) is 10.3 Å². The number of urea groups is 1. The van der Waals surface area contributed by atoms with Crippen molar-refractivity contribution in [2.75, 3.05) is 13.6 Å². The second-order valence-electron chi connectivity index (χ2n) is 3.91. The number of likely N-dealkylation sites (N-methyl/N-ethyl adjacent to an activating group) is 1. The number of hydrogen-bond acceptors (Lipinski definition) is 3. The summed E-state index contributed by atoms with van der Waals surface area (Å²) >= 11 is 0. The maximum Gasteiger partial charge on any atom is 0.326 e. The number of nitrogens with zero attached hydrogens (tertiary/aromatic N) is 3. The molecule has 0 radical (unpaired) electrons. The van der Waals surface area contributed by atoms with Crippen LogP contribution >= 0.6 is 0 Å². The van der Waals surface area contributed by atoms with E-state index in [1.807, 2.05) is 4.57 Å². The molecule has 1 aromatic rings. The van der Waals surface area contributed by atoms with Gasteiger partial charge >= 0.3 is 12.0 Å². The van der Waals surface area contributed by atoms with Gasteiger partial charge in [-0.15, -0.1) is 0 Å². The molecule has 1 rings (SSSR count). The van der Waals surface area contributed by atoms with Crippen molar-refractivity contribution in [3.05, 3.63) is 18.7 Å². The minimum atomic E-state index is -0.996. The van der Waals surface area contributed by atoms with Gasteiger partial charge in [0.2, 0.25) is 0 Å². The van der Waals surface area contributed by atoms with E-state index in [1.54, 1.807) is 25.6 Å². The van der Waals surface area contributed by atoms with Gasteiger partial charge in [0.25, 0.3) is 0 Å². The third-order valence-corrected chi connectivity index (χ3v) is 2.67. The SMILES string of the molecule is CCC(C(=O)O)N(C)C(=O)NCCn1ccnc1. The molecule has 7 nitrogen and oxygen atoms in total. The molecule has 0 aliphatic heterocycles. The van der Waals surface area contributed by atoms with Crippen LogP contribution in [-0.2, 0) is 11.3 Å². The van der Waals surface area contributed by atoms with Crippen molar-refractivity contribution in [3.8, 4) is 0 Å². The molecule has 1 atom stereocenters. The minimum Gasteiger partial charge on any atom is -0.480 e. The lowest BCUT2D eigenvalue weighted by Gasteiger charge is -2.24. The largest absolute Gasteiger partial charge is 0.480 e. The molecule has 0 saturated carbocycles. The van der Waals surface area contributed by atoms with Crippen molar-refractivity contribution < 1.29 is 14.7 Å². The van der Waals surface area contributed by atoms with E-state index in [9.17, 15) is 9.59 Å². The van der Waals surface area contributed by atoms with Crippen molar-refractivity contribution in [1.29, 1.82) is 0 Å². The fraction of sp³-hybridized carbons (Fsp3) is 0.545. The lowest BCUT2D eigenvalue weighted by molar-refractivity contribution is -0.141. The van der Waals surface area contributed by atoms with Gasteiger partial charge in [0.05, 0.1) is 6.33 Å². The zero-order valence-corrected chi connectivity index (χ0v) is 10.5. The third kappa shape index (κ3) is 3.76. The molecule has 0 spiro atoms. The summed E-state index contributed by atoms with van der Waals surface area (Å²) in [6, 6.07) is -1.18. The molecule has 100 valence electrons. The molecule has 2 amide bonds. The monoisotopic (exact) mass is 254 g/mol. The lowest BCUT2D eigenvalue weighted by Crippen LogP contribution is -2.47. The zero-order valence-electron chi connectivity index (χ0n) is 10.5. The Bertz CT molecular complexity index is 391. The van der Waals surface area contributed by atoms with E-state index < -0.39 is 12.0 Å². The van der Waals surface area contributed by atoms with Gasteiger partial charge in [-0.3, -0.25) is 0 Å². The number of carbonyl (C=O) groups excluding carboxylic acids is 1. The maximum atomic E-state index is 11.7. The Balaban J connectivity index is 2.37. The number of rotatable bonds is 6. The van der Waals surface area contributed by atoms with Crippen LogP contribution < -0.4 is 5.32 Å². The van der Waals surface area contributed by atoms with Gasteiger partial charge in [-0.1, -0.05) is 6.92 Å². The van der Waals surface area contributed by atoms with Crippen molar-refractivity contribution in [2.24, 2.45) is 0 Å². The predicted octanol–water partition coefficient (Wildman–Crippen LogP) is 0.388. The molecule has 2 N–H and O–H groups in total. The van der Waals surface area contributed by atoms with Gasteiger partial charge in [0.1, 0.15) is 6.04 Å². The smallest absolute Gasteiger partial charge is 0.326 e. The Morgan fingerprint density at radius 3 is 2.78 bits per heavy atom. The summed E-state index contributed by atoms with van der Waals surface area (Å²) in [6.07, 6.45) is 5.48. The molecule has 0 bridgehead atoms. The normalized spacial score (nSPS) is 11.9. The standard InChI is InChI=1S/C11H18N4O3/c1-3-9(10(16)17)14(2)11(18)13-5-7-15-6-4-12-8-15/h4,6,8-9H,3,5,7H2,1-2H3,(H,13,18)(H,16,17). The van der Waals surface area contributed by atoms with Crippen molar-refractivity contribution in [1.82, 2.24) is 19.8 Å². The molecular formula is C11H18N4O3. The average molecular weight is 254 g/mol. The first kappa shape index (κ1) is 14.0. The topological polar surface area (TPSA) is 87.5 Å². The van der Waals surface area contributed by atoms with Gasteiger partial charge in [0.15, 0.2) is 0 Å². The molecule has 1 unspecified atom stereocenters. The summed E-state index contributed by atoms with van der Waals surface area (Å²) in [7, 11) is 1.48. The van der Waals surface area contributed by atoms with Crippen LogP contribution in [0.1, 0.15) is 13.3 Å². The highest BCUT2D eigenvalue weighted by Gasteiger charge is 2.24. The Morgan fingerprint density at radius 2 is 2.28 bits per heavy atom. The van der Waals surface area contributed by atoms with E-state index in [4.69, 9.17) is 5.11 Å². The summed E-state index contributed by atoms with van der Waals surface area (Å²) < 4.78 is 1.83. The predicted molar refractivity (Wildman–Crippen MR) is 65.1 cm³/mol. The van der Waals surface area contributed by atoms with E-state index in [0.717, 1.165) is 0 Å². The number of carbonyl (C=O) groups is 2. The fourth-order valence-electron chi connectivity index (χ4n) is 1.59. The molecule has 0 aromatic carbocycles. The molecule has 0 aliphatic rings. The molecule has 1 aromatic heterocycles. The molecule has 18 heavy (non-hydrogen) atoms. The summed E-state index contributed by atoms with van der Waals surface area (Å²) in [5.74, 6) is -0.996. The van der Waals surface area contributed by atoms with Crippen LogP contribution in [0.4, 0.5) is 4.79 Å². The Morgan fingerprint density at radius 1 is 1.56 bits per heavy atom. The molecule has 0 aliphatic carbocycles. The second kappa shape index (κ2) is 6.63. The summed E-state index contributed by atoms with van der Waals surface area (Å²) in [6.45, 7) is 2.76. The zero-order chi connectivity index (χ0) is 13.5. The highest BCUT2D eigenvalue weighted by Crippen LogP contribution is 2.02. The van der Waals surface area contributed by atoms with Gasteiger partial charge in [-0.2, -0.15) is 0 Å². The van der Waals surface area contributed by atoms with Crippen LogP contribution in [0, 0.1) is 0 Å². The average Bonchev–Trinajstić information content (AvgIpc) is 2.82. The maximum absolute atomic E-state index is 11.7. The van der Waals surface area contributed by atoms with Gasteiger partial charge in [-0.25, -0.2) is 14.6 Å². The summed E-state index contributed by atoms with van der Waals surface area (Å²) in [4.78, 5) is 27.7. The van der Waals surface area contributed by atoms with Gasteiger partial charge in [-0.05, 0) is 6.42 Å². The van der Waals surface area contributed by atoms with Crippen LogP contribution in [0.15, 0.2) is 18.7 Å². The molecule has 0 saturated heterocycles. The van der Waals surface area contributed by atoms with E-state index >= 15 is 0 Å². The van der Waals surface area contributed by atoms with Crippen LogP contribution in [0.25, 0.3) is 0 Å². The number of nitrogens with one attached hydrogen (secondary N) is 1. The molecule has 0 fully saturated rings. The van der Waals surface area contributed by atoms with Crippen LogP contribution in [-0.4, -0.2) is 51.2 Å². The first-order chi connectivity index (χ1) is 8.56. The fourth-order valence-corrected chi connectivity index (χ4v) is 1.59. The van der Waals surface area contributed by atoms with Crippen molar-refractivity contribution in [3.63, 3.8) is 0 Å². The van der Waals surface area contributed by atoms with E-state index in [1.165, 1.54) is 11.9 Å². The van der Waals surface area contributed by atoms with Crippen molar-refractivity contribution in [2.45, 2.75) is 25.9 Å². The Hall–Kier alpha value is -2.05. The number of imidazole rings is 1. The summed E-state index contributed by atoms with van der Waals surface area (Å²) in [5, 5.41) is 11.6. The number of amides is 2. The first-order valence-corrected chi connectivity index (χ1v) is 5.75. The van der Waals surface area contributed by atoms with Gasteiger partial charge < -0.3 is 19.9 Å². The van der Waals surface area contributed by atoms with Gasteiger partial charge in [0, 0.05) is 32.5 Å². The number of hydrogen-bond donors (Lipinski definition) is 2. The molecule has 7 heteroatoms. The molecular weight excluding hydrogens is 236 g/mol. The van der Waals surface area contributed by atoms with Crippen LogP contribution in [0.2, 0.25) is 0 Å². The van der Waals surface area contributed by atoms with E-state index in [-0.39, 0.29) is 6.03 Å². The summed E-state index contributed by atoms with van der Waals surface area (Å²) in [5.41, 5.74) is 0. The molecule has 1 heterocycles. The first-order valence-electron chi connectivity index (χ1n) is 5.75. The lowest BCUT2D eigenvalue weighted by atomic mass is 10.2. The second-order valence-corrected chi connectivity index (χ2v) is 3.91. The highest BCUT2D eigenvalue weighted by atomic mass is 16.4. The quantitative estimate of drug-likeness (QED) is 0.768. The number of aliphatic carboxylic acids is 1. The third-order valence-electron chi connectivity index (χ3n) is 2.67. The number of aromatic nitrogens is 2. The van der Waals surface area contributed by atoms with Crippen molar-refractivity contribution >= 4 is 12.0 Å². The minimum absolute atomic E-state index is 0.376.